The first-order valence-electron chi connectivity index (χ1n) is 12.0. The molecule has 2 aromatic carbocycles. The maximum absolute atomic E-state index is 13.7. The van der Waals surface area contributed by atoms with Gasteiger partial charge in [-0.15, -0.1) is 0 Å². The number of halogens is 2. The number of amides is 2. The second-order valence-electron chi connectivity index (χ2n) is 9.40. The number of nitrogens with two attached hydrogens (primary N) is 1. The second-order valence-corrected chi connectivity index (χ2v) is 11.7. The fourth-order valence-corrected chi connectivity index (χ4v) is 6.57. The third-order valence-corrected chi connectivity index (χ3v) is 8.89. The summed E-state index contributed by atoms with van der Waals surface area (Å²) in [7, 11) is -4.29. The molecular weight excluding hydrogens is 507 g/mol. The molecule has 1 saturated heterocycles. The Hall–Kier alpha value is -2.53. The molecule has 2 fully saturated rings. The molecule has 1 unspecified atom stereocenters. The van der Waals surface area contributed by atoms with E-state index in [9.17, 15) is 22.4 Å². The van der Waals surface area contributed by atoms with Crippen LogP contribution in [0.2, 0.25) is 5.02 Å². The van der Waals surface area contributed by atoms with Crippen LogP contribution in [0.3, 0.4) is 0 Å². The smallest absolute Gasteiger partial charge is 0.259 e. The summed E-state index contributed by atoms with van der Waals surface area (Å²) in [4.78, 5) is 28.2. The number of hydrogen-bond donors (Lipinski definition) is 2. The molecule has 11 heteroatoms. The Labute approximate surface area is 215 Å². The van der Waals surface area contributed by atoms with Crippen molar-refractivity contribution in [1.29, 1.82) is 0 Å². The van der Waals surface area contributed by atoms with Gasteiger partial charge in [0.2, 0.25) is 10.0 Å². The van der Waals surface area contributed by atoms with Crippen LogP contribution in [0.1, 0.15) is 48.0 Å². The van der Waals surface area contributed by atoms with Crippen LogP contribution >= 0.6 is 11.6 Å². The molecule has 1 saturated carbocycles. The van der Waals surface area contributed by atoms with Crippen molar-refractivity contribution in [2.24, 2.45) is 5.73 Å². The zero-order chi connectivity index (χ0) is 26.0. The summed E-state index contributed by atoms with van der Waals surface area (Å²) in [6, 6.07) is 9.88. The van der Waals surface area contributed by atoms with E-state index >= 15 is 0 Å². The van der Waals surface area contributed by atoms with Crippen LogP contribution in [0.4, 0.5) is 4.39 Å². The zero-order valence-corrected chi connectivity index (χ0v) is 21.6. The van der Waals surface area contributed by atoms with Gasteiger partial charge in [-0.3, -0.25) is 9.59 Å². The number of nitrogens with zero attached hydrogens (tertiary/aromatic N) is 2. The third kappa shape index (κ3) is 5.56. The number of nitrogens with one attached hydrogen (secondary N) is 1. The summed E-state index contributed by atoms with van der Waals surface area (Å²) in [5, 5.41) is 2.60. The minimum absolute atomic E-state index is 0.0165. The van der Waals surface area contributed by atoms with Crippen LogP contribution < -0.4 is 11.1 Å². The van der Waals surface area contributed by atoms with Gasteiger partial charge in [-0.05, 0) is 69.4 Å². The summed E-state index contributed by atoms with van der Waals surface area (Å²) in [6.45, 7) is 2.11. The molecule has 2 aliphatic rings. The summed E-state index contributed by atoms with van der Waals surface area (Å²) < 4.78 is 42.1. The summed E-state index contributed by atoms with van der Waals surface area (Å²) in [5.41, 5.74) is 7.30. The normalized spacial score (nSPS) is 23.3. The number of rotatable bonds is 5. The lowest BCUT2D eigenvalue weighted by molar-refractivity contribution is -0.132. The molecule has 194 valence electrons. The van der Waals surface area contributed by atoms with E-state index in [1.54, 1.807) is 24.3 Å². The summed E-state index contributed by atoms with van der Waals surface area (Å²) >= 11 is 5.86. The van der Waals surface area contributed by atoms with Crippen molar-refractivity contribution in [3.8, 4) is 0 Å². The Morgan fingerprint density at radius 1 is 1.06 bits per heavy atom. The molecule has 0 spiro atoms. The highest BCUT2D eigenvalue weighted by Crippen LogP contribution is 2.28. The van der Waals surface area contributed by atoms with Crippen molar-refractivity contribution in [3.63, 3.8) is 0 Å². The van der Waals surface area contributed by atoms with Gasteiger partial charge in [0.25, 0.3) is 11.8 Å². The molecule has 2 amide bonds. The largest absolute Gasteiger partial charge is 0.350 e. The topological polar surface area (TPSA) is 113 Å². The van der Waals surface area contributed by atoms with Gasteiger partial charge in [-0.2, -0.15) is 4.31 Å². The van der Waals surface area contributed by atoms with Crippen LogP contribution in [0.25, 0.3) is 0 Å². The molecule has 0 bridgehead atoms. The van der Waals surface area contributed by atoms with E-state index in [0.717, 1.165) is 40.9 Å². The van der Waals surface area contributed by atoms with E-state index in [1.165, 1.54) is 4.90 Å². The first-order valence-corrected chi connectivity index (χ1v) is 13.8. The van der Waals surface area contributed by atoms with Gasteiger partial charge in [0, 0.05) is 30.7 Å². The van der Waals surface area contributed by atoms with Crippen molar-refractivity contribution in [1.82, 2.24) is 14.5 Å². The maximum atomic E-state index is 13.7. The van der Waals surface area contributed by atoms with E-state index < -0.39 is 33.8 Å². The highest BCUT2D eigenvalue weighted by molar-refractivity contribution is 7.89. The lowest BCUT2D eigenvalue weighted by atomic mass is 9.92. The molecule has 4 rings (SSSR count). The van der Waals surface area contributed by atoms with E-state index in [0.29, 0.717) is 24.8 Å². The van der Waals surface area contributed by atoms with Crippen molar-refractivity contribution in [2.75, 3.05) is 13.1 Å². The summed E-state index contributed by atoms with van der Waals surface area (Å²) in [5.74, 6) is -1.78. The molecule has 3 N–H and O–H groups in total. The third-order valence-electron chi connectivity index (χ3n) is 6.76. The molecule has 0 aromatic heterocycles. The summed E-state index contributed by atoms with van der Waals surface area (Å²) in [6.07, 6.45) is 1.76. The van der Waals surface area contributed by atoms with Crippen molar-refractivity contribution >= 4 is 33.4 Å². The van der Waals surface area contributed by atoms with E-state index in [4.69, 9.17) is 17.3 Å². The highest BCUT2D eigenvalue weighted by Gasteiger charge is 2.45. The molecule has 1 aliphatic heterocycles. The predicted molar refractivity (Wildman–Crippen MR) is 134 cm³/mol. The van der Waals surface area contributed by atoms with Gasteiger partial charge < -0.3 is 16.0 Å². The maximum Gasteiger partial charge on any atom is 0.259 e. The first kappa shape index (κ1) is 26.5. The van der Waals surface area contributed by atoms with Gasteiger partial charge in [-0.25, -0.2) is 12.8 Å². The van der Waals surface area contributed by atoms with Gasteiger partial charge in [0.1, 0.15) is 5.82 Å². The average molecular weight is 537 g/mol. The molecule has 36 heavy (non-hydrogen) atoms. The number of carbonyl (C=O) groups excluding carboxylic acids is 2. The van der Waals surface area contributed by atoms with Gasteiger partial charge >= 0.3 is 0 Å². The molecule has 2 aromatic rings. The average Bonchev–Trinajstić information content (AvgIpc) is 2.86. The minimum Gasteiger partial charge on any atom is -0.350 e. The fraction of sp³-hybridized carbons (Fsp3) is 0.440. The van der Waals surface area contributed by atoms with Gasteiger partial charge in [0.05, 0.1) is 9.92 Å². The standard InChI is InChI=1S/C25H30ClFN4O4S/c1-16-3-5-17(6-4-16)25(33)30-13-2-14-31(36(34,35)20-11-12-22(27)21(26)15-20)24(30)23(32)29-19-9-7-18(28)8-10-19/h3-6,11-12,15,18-19,24H,2,7-10,13-14,28H2,1H3,(H,29,32). The molecule has 0 radical (unpaired) electrons. The molecule has 8 nitrogen and oxygen atoms in total. The van der Waals surface area contributed by atoms with Crippen LogP contribution in [0.15, 0.2) is 47.4 Å². The van der Waals surface area contributed by atoms with Crippen molar-refractivity contribution in [3.05, 3.63) is 64.4 Å². The Morgan fingerprint density at radius 3 is 2.36 bits per heavy atom. The quantitative estimate of drug-likeness (QED) is 0.610. The Morgan fingerprint density at radius 2 is 1.72 bits per heavy atom. The van der Waals surface area contributed by atoms with Gasteiger partial charge in [0.15, 0.2) is 6.17 Å². The Balaban J connectivity index is 1.70. The highest BCUT2D eigenvalue weighted by atomic mass is 35.5. The van der Waals surface area contributed by atoms with E-state index in [2.05, 4.69) is 5.32 Å². The Bertz CT molecular complexity index is 1230. The lowest BCUT2D eigenvalue weighted by Crippen LogP contribution is -2.64. The van der Waals surface area contributed by atoms with Crippen molar-refractivity contribution < 1.29 is 22.4 Å². The molecular formula is C25H30ClFN4O4S. The molecule has 1 heterocycles. The van der Waals surface area contributed by atoms with Crippen LogP contribution in [-0.2, 0) is 14.8 Å². The number of carbonyl (C=O) groups is 2. The molecule has 1 atom stereocenters. The van der Waals surface area contributed by atoms with Crippen LogP contribution in [0, 0.1) is 12.7 Å². The number of sulfonamides is 1. The van der Waals surface area contributed by atoms with E-state index in [-0.39, 0.29) is 35.1 Å². The second kappa shape index (κ2) is 10.8. The van der Waals surface area contributed by atoms with Crippen LogP contribution in [-0.4, -0.2) is 60.8 Å². The van der Waals surface area contributed by atoms with Gasteiger partial charge in [-0.1, -0.05) is 29.3 Å². The Kier molecular flexibility index (Phi) is 7.99. The van der Waals surface area contributed by atoms with Crippen LogP contribution in [0.5, 0.6) is 0 Å². The number of aryl methyl sites for hydroxylation is 1. The fourth-order valence-electron chi connectivity index (χ4n) is 4.71. The zero-order valence-electron chi connectivity index (χ0n) is 20.0. The number of hydrogen-bond acceptors (Lipinski definition) is 5. The SMILES string of the molecule is Cc1ccc(C(=O)N2CCCN(S(=O)(=O)c3ccc(F)c(Cl)c3)C2C(=O)NC2CCC(N)CC2)cc1. The first-order chi connectivity index (χ1) is 17.1. The van der Waals surface area contributed by atoms with Crippen molar-refractivity contribution in [2.45, 2.75) is 62.2 Å². The minimum atomic E-state index is -4.29. The monoisotopic (exact) mass is 536 g/mol. The molecule has 1 aliphatic carbocycles. The van der Waals surface area contributed by atoms with E-state index in [1.807, 2.05) is 6.92 Å². The predicted octanol–water partition coefficient (Wildman–Crippen LogP) is 3.04. The lowest BCUT2D eigenvalue weighted by Gasteiger charge is -2.42. The number of benzene rings is 2.